The van der Waals surface area contributed by atoms with Crippen molar-refractivity contribution in [2.75, 3.05) is 0 Å². The molecule has 1 fully saturated rings. The summed E-state index contributed by atoms with van der Waals surface area (Å²) in [7, 11) is 0. The van der Waals surface area contributed by atoms with Crippen LogP contribution in [0, 0.1) is 5.92 Å². The quantitative estimate of drug-likeness (QED) is 0.529. The van der Waals surface area contributed by atoms with E-state index in [4.69, 9.17) is 9.47 Å². The Balaban J connectivity index is 1.70. The van der Waals surface area contributed by atoms with Crippen molar-refractivity contribution >= 4 is 0 Å². The van der Waals surface area contributed by atoms with Crippen molar-refractivity contribution in [1.82, 2.24) is 0 Å². The third kappa shape index (κ3) is 3.75. The van der Waals surface area contributed by atoms with Crippen molar-refractivity contribution in [2.24, 2.45) is 5.92 Å². The molecular weight excluding hydrogens is 344 g/mol. The van der Waals surface area contributed by atoms with E-state index in [1.165, 1.54) is 22.3 Å². The SMILES string of the molecule is CC(C)=CCC[C@]1(C)Oc2ccc(-c3ccccc3)cc2[C@@H]2O[C@H](C)CC[C@H]21. The zero-order chi connectivity index (χ0) is 19.7. The molecule has 0 aromatic heterocycles. The summed E-state index contributed by atoms with van der Waals surface area (Å²) in [5, 5.41) is 0. The maximum Gasteiger partial charge on any atom is 0.126 e. The Labute approximate surface area is 169 Å². The van der Waals surface area contributed by atoms with Gasteiger partial charge in [0.15, 0.2) is 0 Å². The van der Waals surface area contributed by atoms with Crippen LogP contribution in [0.5, 0.6) is 5.75 Å². The van der Waals surface area contributed by atoms with Crippen LogP contribution in [0.4, 0.5) is 0 Å². The van der Waals surface area contributed by atoms with Crippen LogP contribution in [-0.4, -0.2) is 11.7 Å². The molecule has 2 heteroatoms. The second kappa shape index (κ2) is 7.75. The van der Waals surface area contributed by atoms with Gasteiger partial charge in [-0.25, -0.2) is 0 Å². The number of hydrogen-bond acceptors (Lipinski definition) is 2. The molecule has 0 N–H and O–H groups in total. The fraction of sp³-hybridized carbons (Fsp3) is 0.462. The molecule has 0 unspecified atom stereocenters. The van der Waals surface area contributed by atoms with Crippen LogP contribution >= 0.6 is 0 Å². The maximum atomic E-state index is 6.69. The van der Waals surface area contributed by atoms with Crippen LogP contribution in [0.15, 0.2) is 60.2 Å². The smallest absolute Gasteiger partial charge is 0.126 e. The van der Waals surface area contributed by atoms with Gasteiger partial charge in [0.05, 0.1) is 12.2 Å². The Morgan fingerprint density at radius 2 is 1.86 bits per heavy atom. The summed E-state index contributed by atoms with van der Waals surface area (Å²) in [5.74, 6) is 1.39. The Kier molecular flexibility index (Phi) is 5.33. The Morgan fingerprint density at radius 1 is 1.07 bits per heavy atom. The zero-order valence-electron chi connectivity index (χ0n) is 17.6. The van der Waals surface area contributed by atoms with Crippen LogP contribution in [-0.2, 0) is 4.74 Å². The molecule has 0 amide bonds. The van der Waals surface area contributed by atoms with E-state index in [-0.39, 0.29) is 11.7 Å². The van der Waals surface area contributed by atoms with Crippen molar-refractivity contribution in [3.63, 3.8) is 0 Å². The van der Waals surface area contributed by atoms with Crippen molar-refractivity contribution in [3.05, 3.63) is 65.7 Å². The van der Waals surface area contributed by atoms with Gasteiger partial charge in [-0.1, -0.05) is 48.0 Å². The van der Waals surface area contributed by atoms with Crippen LogP contribution in [0.3, 0.4) is 0 Å². The predicted octanol–water partition coefficient (Wildman–Crippen LogP) is 7.11. The van der Waals surface area contributed by atoms with Crippen molar-refractivity contribution in [2.45, 2.75) is 71.2 Å². The molecule has 1 saturated heterocycles. The van der Waals surface area contributed by atoms with E-state index in [1.807, 2.05) is 0 Å². The average Bonchev–Trinajstić information content (AvgIpc) is 2.68. The third-order valence-electron chi connectivity index (χ3n) is 6.37. The fourth-order valence-corrected chi connectivity index (χ4v) is 4.78. The van der Waals surface area contributed by atoms with Gasteiger partial charge in [-0.15, -0.1) is 0 Å². The normalized spacial score (nSPS) is 28.6. The van der Waals surface area contributed by atoms with E-state index >= 15 is 0 Å². The van der Waals surface area contributed by atoms with Gasteiger partial charge in [0.1, 0.15) is 11.4 Å². The summed E-state index contributed by atoms with van der Waals surface area (Å²) in [6.07, 6.45) is 7.08. The van der Waals surface area contributed by atoms with Gasteiger partial charge >= 0.3 is 0 Å². The first kappa shape index (κ1) is 19.3. The van der Waals surface area contributed by atoms with E-state index in [0.717, 1.165) is 31.4 Å². The summed E-state index contributed by atoms with van der Waals surface area (Å²) in [6, 6.07) is 17.2. The molecule has 2 nitrogen and oxygen atoms in total. The molecule has 148 valence electrons. The minimum absolute atomic E-state index is 0.118. The zero-order valence-corrected chi connectivity index (χ0v) is 17.6. The summed E-state index contributed by atoms with van der Waals surface area (Å²) in [6.45, 7) is 8.82. The number of fused-ring (bicyclic) bond motifs is 3. The topological polar surface area (TPSA) is 18.5 Å². The molecule has 0 spiro atoms. The van der Waals surface area contributed by atoms with E-state index in [2.05, 4.69) is 82.3 Å². The molecule has 2 aromatic rings. The lowest BCUT2D eigenvalue weighted by Crippen LogP contribution is -2.50. The highest BCUT2D eigenvalue weighted by Crippen LogP contribution is 2.52. The van der Waals surface area contributed by atoms with Crippen LogP contribution in [0.2, 0.25) is 0 Å². The lowest BCUT2D eigenvalue weighted by Gasteiger charge is -2.50. The molecule has 0 bridgehead atoms. The minimum atomic E-state index is -0.183. The van der Waals surface area contributed by atoms with Crippen LogP contribution in [0.25, 0.3) is 11.1 Å². The predicted molar refractivity (Wildman–Crippen MR) is 116 cm³/mol. The molecule has 2 heterocycles. The van der Waals surface area contributed by atoms with Crippen LogP contribution < -0.4 is 4.74 Å². The molecular formula is C26H32O2. The minimum Gasteiger partial charge on any atom is -0.487 e. The first-order valence-electron chi connectivity index (χ1n) is 10.6. The van der Waals surface area contributed by atoms with Crippen molar-refractivity contribution < 1.29 is 9.47 Å². The molecule has 2 aliphatic heterocycles. The van der Waals surface area contributed by atoms with Gasteiger partial charge in [0.2, 0.25) is 0 Å². The highest BCUT2D eigenvalue weighted by molar-refractivity contribution is 5.66. The highest BCUT2D eigenvalue weighted by Gasteiger charge is 2.49. The van der Waals surface area contributed by atoms with Crippen molar-refractivity contribution in [1.29, 1.82) is 0 Å². The number of rotatable bonds is 4. The summed E-state index contributed by atoms with van der Waals surface area (Å²) < 4.78 is 13.2. The first-order valence-corrected chi connectivity index (χ1v) is 10.6. The summed E-state index contributed by atoms with van der Waals surface area (Å²) in [4.78, 5) is 0. The standard InChI is InChI=1S/C26H32O2/c1-18(2)9-8-16-26(4)23-14-12-19(3)27-25(23)22-17-21(13-15-24(22)28-26)20-10-6-5-7-11-20/h5-7,9-11,13,15,17,19,23,25H,8,12,14,16H2,1-4H3/t19-,23-,25+,26+/m1/s1. The molecule has 4 atom stereocenters. The van der Waals surface area contributed by atoms with Crippen molar-refractivity contribution in [3.8, 4) is 16.9 Å². The molecule has 2 aliphatic rings. The molecule has 0 aliphatic carbocycles. The Bertz CT molecular complexity index is 850. The van der Waals surface area contributed by atoms with E-state index in [1.54, 1.807) is 0 Å². The average molecular weight is 377 g/mol. The van der Waals surface area contributed by atoms with E-state index in [0.29, 0.717) is 12.0 Å². The molecule has 0 saturated carbocycles. The maximum absolute atomic E-state index is 6.69. The number of benzene rings is 2. The lowest BCUT2D eigenvalue weighted by atomic mass is 9.72. The fourth-order valence-electron chi connectivity index (χ4n) is 4.78. The van der Waals surface area contributed by atoms with Crippen LogP contribution in [0.1, 0.15) is 65.0 Å². The van der Waals surface area contributed by atoms with Gasteiger partial charge < -0.3 is 9.47 Å². The molecule has 28 heavy (non-hydrogen) atoms. The second-order valence-corrected chi connectivity index (χ2v) is 8.90. The highest BCUT2D eigenvalue weighted by atomic mass is 16.5. The molecule has 2 aromatic carbocycles. The summed E-state index contributed by atoms with van der Waals surface area (Å²) in [5.41, 5.74) is 4.88. The van der Waals surface area contributed by atoms with E-state index in [9.17, 15) is 0 Å². The monoisotopic (exact) mass is 376 g/mol. The first-order chi connectivity index (χ1) is 13.5. The Hall–Kier alpha value is -2.06. The molecule has 0 radical (unpaired) electrons. The van der Waals surface area contributed by atoms with Gasteiger partial charge in [-0.2, -0.15) is 0 Å². The number of allylic oxidation sites excluding steroid dienone is 2. The largest absolute Gasteiger partial charge is 0.487 e. The van der Waals surface area contributed by atoms with E-state index < -0.39 is 0 Å². The number of hydrogen-bond donors (Lipinski definition) is 0. The van der Waals surface area contributed by atoms with Gasteiger partial charge in [-0.3, -0.25) is 0 Å². The van der Waals surface area contributed by atoms with Gasteiger partial charge in [0.25, 0.3) is 0 Å². The summed E-state index contributed by atoms with van der Waals surface area (Å²) >= 11 is 0. The second-order valence-electron chi connectivity index (χ2n) is 8.90. The van der Waals surface area contributed by atoms with Gasteiger partial charge in [-0.05, 0) is 76.6 Å². The Morgan fingerprint density at radius 3 is 2.61 bits per heavy atom. The lowest BCUT2D eigenvalue weighted by molar-refractivity contribution is -0.151. The third-order valence-corrected chi connectivity index (χ3v) is 6.37. The van der Waals surface area contributed by atoms with Gasteiger partial charge in [0, 0.05) is 11.5 Å². The number of ether oxygens (including phenoxy) is 2. The molecule has 4 rings (SSSR count).